The summed E-state index contributed by atoms with van der Waals surface area (Å²) in [5.74, 6) is -18.0. The first kappa shape index (κ1) is 103. The molecule has 143 heavy (non-hydrogen) atoms. The second kappa shape index (κ2) is 44.4. The number of phenolic OH excluding ortho intramolecular Hbond substituents is 4. The third-order valence-electron chi connectivity index (χ3n) is 25.8. The third-order valence-corrected chi connectivity index (χ3v) is 26.4. The first-order valence-electron chi connectivity index (χ1n) is 46.2. The number of aliphatic carboxylic acids is 1. The van der Waals surface area contributed by atoms with E-state index in [2.05, 4.69) is 61.7 Å². The first-order chi connectivity index (χ1) is 68.5. The fourth-order valence-corrected chi connectivity index (χ4v) is 18.6. The summed E-state index contributed by atoms with van der Waals surface area (Å²) in [5, 5.41) is 197. The summed E-state index contributed by atoms with van der Waals surface area (Å²) in [7, 11) is 0. The maximum absolute atomic E-state index is 17.2. The van der Waals surface area contributed by atoms with Gasteiger partial charge in [0.25, 0.3) is 0 Å². The molecule has 0 aromatic heterocycles. The average Bonchev–Trinajstić information content (AvgIpc) is 0.759. The molecule has 0 radical (unpaired) electrons. The van der Waals surface area contributed by atoms with Crippen molar-refractivity contribution < 1.29 is 158 Å². The van der Waals surface area contributed by atoms with E-state index in [0.29, 0.717) is 5.56 Å². The van der Waals surface area contributed by atoms with Crippen LogP contribution in [0, 0.1) is 0 Å². The largest absolute Gasteiger partial charge is 0.508 e. The lowest BCUT2D eigenvalue weighted by Gasteiger charge is -2.44. The molecule has 0 aliphatic carbocycles. The van der Waals surface area contributed by atoms with Crippen LogP contribution in [0.2, 0.25) is 10.0 Å². The molecule has 9 heterocycles. The molecule has 43 heteroatoms. The van der Waals surface area contributed by atoms with E-state index in [0.717, 1.165) is 135 Å². The molecule has 9 aromatic carbocycles. The van der Waals surface area contributed by atoms with Crippen molar-refractivity contribution in [3.63, 3.8) is 0 Å². The maximum atomic E-state index is 17.2. The highest BCUT2D eigenvalue weighted by molar-refractivity contribution is 6.32. The number of aromatic hydroxyl groups is 4. The third kappa shape index (κ3) is 22.6. The van der Waals surface area contributed by atoms with Crippen LogP contribution in [-0.2, 0) is 89.7 Å². The highest BCUT2D eigenvalue weighted by atomic mass is 35.5. The minimum absolute atomic E-state index is 0.0314. The second-order valence-electron chi connectivity index (χ2n) is 35.8. The van der Waals surface area contributed by atoms with Gasteiger partial charge in [0.05, 0.1) is 35.9 Å². The molecule has 9 aliphatic heterocycles. The number of rotatable bonds is 23. The summed E-state index contributed by atoms with van der Waals surface area (Å²) in [6, 6.07) is 17.6. The van der Waals surface area contributed by atoms with Crippen molar-refractivity contribution >= 4 is 70.5 Å². The number of benzene rings is 9. The van der Waals surface area contributed by atoms with Gasteiger partial charge in [-0.1, -0.05) is 123 Å². The van der Waals surface area contributed by atoms with Crippen LogP contribution in [0.25, 0.3) is 11.1 Å². The lowest BCUT2D eigenvalue weighted by molar-refractivity contribution is -0.284. The molecule has 18 rings (SSSR count). The number of carbonyl (C=O) groups is 8. The molecule has 24 N–H and O–H groups in total. The molecular weight excluding hydrogens is 1910 g/mol. The highest BCUT2D eigenvalue weighted by Crippen LogP contribution is 2.51. The number of amides is 7. The van der Waals surface area contributed by atoms with Gasteiger partial charge in [0, 0.05) is 55.3 Å². The predicted octanol–water partition coefficient (Wildman–Crippen LogP) is 4.21. The molecule has 0 unspecified atom stereocenters. The summed E-state index contributed by atoms with van der Waals surface area (Å²) >= 11 is 15.0. The zero-order valence-electron chi connectivity index (χ0n) is 76.8. The summed E-state index contributed by atoms with van der Waals surface area (Å²) in [5.41, 5.74) is 0.0432. The van der Waals surface area contributed by atoms with Gasteiger partial charge in [-0.25, -0.2) is 4.79 Å². The molecular formula is C100H107Cl2N9O32. The zero-order valence-corrected chi connectivity index (χ0v) is 78.3. The number of hydrogen-bond donors (Lipinski definition) is 24. The molecule has 3 fully saturated rings. The summed E-state index contributed by atoms with van der Waals surface area (Å²) in [6.45, 7) is 2.02. The van der Waals surface area contributed by atoms with Crippen LogP contribution < -0.4 is 71.5 Å². The Kier molecular flexibility index (Phi) is 31.9. The number of nitrogens with one attached hydrogen (secondary N) is 9. The molecule has 23 atom stereocenters. The van der Waals surface area contributed by atoms with Gasteiger partial charge < -0.3 is 162 Å². The number of carbonyl (C=O) groups excluding carboxylic acids is 7. The Bertz CT molecular complexity index is 6250. The summed E-state index contributed by atoms with van der Waals surface area (Å²) in [6.07, 6.45) is -23.3. The smallest absolute Gasteiger partial charge is 0.330 e. The number of aliphatic hydroxyl groups excluding tert-OH is 10. The normalized spacial score (nSPS) is 27.6. The summed E-state index contributed by atoms with van der Waals surface area (Å²) < 4.78 is 58.5. The molecule has 9 aliphatic rings. The Morgan fingerprint density at radius 2 is 0.972 bits per heavy atom. The van der Waals surface area contributed by atoms with Crippen LogP contribution in [0.15, 0.2) is 164 Å². The minimum atomic E-state index is -2.58. The van der Waals surface area contributed by atoms with Crippen molar-refractivity contribution in [3.8, 4) is 80.1 Å². The molecule has 3 saturated heterocycles. The van der Waals surface area contributed by atoms with Crippen molar-refractivity contribution in [3.05, 3.63) is 235 Å². The number of carboxylic acid groups (broad SMARTS) is 1. The molecule has 41 nitrogen and oxygen atoms in total. The lowest BCUT2D eigenvalue weighted by Crippen LogP contribution is -2.65. The van der Waals surface area contributed by atoms with E-state index < -0.39 is 299 Å². The van der Waals surface area contributed by atoms with E-state index >= 15 is 28.8 Å². The van der Waals surface area contributed by atoms with E-state index in [1.165, 1.54) is 42.5 Å². The van der Waals surface area contributed by atoms with Crippen LogP contribution >= 0.6 is 23.2 Å². The van der Waals surface area contributed by atoms with Gasteiger partial charge in [-0.3, -0.25) is 38.9 Å². The van der Waals surface area contributed by atoms with E-state index in [-0.39, 0.29) is 57.6 Å². The fraction of sp³-hybridized carbons (Fsp3) is 0.380. The Morgan fingerprint density at radius 1 is 0.448 bits per heavy atom. The Labute approximate surface area is 825 Å². The molecule has 0 spiro atoms. The molecule has 0 saturated carbocycles. The van der Waals surface area contributed by atoms with Crippen molar-refractivity contribution in [2.24, 2.45) is 0 Å². The van der Waals surface area contributed by atoms with Gasteiger partial charge in [-0.15, -0.1) is 0 Å². The molecule has 17 bridgehead atoms. The van der Waals surface area contributed by atoms with Crippen LogP contribution in [0.3, 0.4) is 0 Å². The lowest BCUT2D eigenvalue weighted by atomic mass is 9.89. The number of aliphatic hydroxyl groups is 10. The number of fused-ring (bicyclic) bond motifs is 14. The number of unbranched alkanes of at least 4 members (excludes halogenated alkanes) is 2. The number of carboxylic acids is 1. The molecule has 9 aromatic rings. The monoisotopic (exact) mass is 2020 g/mol. The van der Waals surface area contributed by atoms with Crippen molar-refractivity contribution in [2.45, 2.75) is 219 Å². The van der Waals surface area contributed by atoms with Crippen LogP contribution in [0.1, 0.15) is 144 Å². The fourth-order valence-electron chi connectivity index (χ4n) is 18.1. The topological polar surface area (TPSA) is 631 Å². The number of phenols is 4. The molecule has 758 valence electrons. The Morgan fingerprint density at radius 3 is 1.57 bits per heavy atom. The van der Waals surface area contributed by atoms with Gasteiger partial charge in [0.1, 0.15) is 150 Å². The highest BCUT2D eigenvalue weighted by Gasteiger charge is 2.52. The average molecular weight is 2020 g/mol. The van der Waals surface area contributed by atoms with Gasteiger partial charge in [0.15, 0.2) is 35.3 Å². The second-order valence-corrected chi connectivity index (χ2v) is 36.6. The van der Waals surface area contributed by atoms with Gasteiger partial charge in [-0.05, 0) is 160 Å². The zero-order chi connectivity index (χ0) is 102. The Balaban J connectivity index is 0.934. The van der Waals surface area contributed by atoms with Crippen molar-refractivity contribution in [1.29, 1.82) is 0 Å². The number of ether oxygens (including phenoxy) is 9. The van der Waals surface area contributed by atoms with Crippen molar-refractivity contribution in [2.75, 3.05) is 19.8 Å². The maximum Gasteiger partial charge on any atom is 0.330 e. The standard InChI is InChI=1S/C100H107Cl2N9O32/c1-4-6-8-44-10-14-46(15-11-44)38-103-74-50-20-23-63(119)66(32-50)135-56-29-52(28-54(116)35-56)76-94(130)109-77-53-33-68(136-64-24-18-48(26-59(64)101)27-61(91(127)107-76)106-92(74)128)90(143-98-79(85(123)82(120)70(40-112)139-98)104-39-47-16-12-45(13-17-47)9-7-5-2)69(34-53)137-65-25-21-51(31-60(65)102)89(142-99-80(105-43(3)115)86(124)83(121)71(41-113)140-99)81-96(132)110-78(97(133)134)58-36-55(117)37-67(138-100-88(126)87(125)84(122)72(42-114)141-100)73(58)57-30-49(19-22-62(57)118)75(93(129)111-81)108-95(77)131/h10-26,28-37,61,70-72,74-89,98-100,103-104,112-114,116-126H,4-9,27,38-42H2,1-3H3,(H,105,115)(H,106,128)(H,107,127)(H,108,131)(H,109,130)(H,110,132)(H,111,129)(H,133,134)/t61-,70-,71-,72-,74-,75-,76+,77-,78+,79-,80-,81+,82-,83-,84-,85-,86-,87+,88+,89-,98+,99+,100+/m1/s1. The number of halogens is 2. The quantitative estimate of drug-likeness (QED) is 0.0426. The van der Waals surface area contributed by atoms with E-state index in [4.69, 9.17) is 65.8 Å². The first-order valence-corrected chi connectivity index (χ1v) is 47.0. The minimum Gasteiger partial charge on any atom is -0.508 e. The van der Waals surface area contributed by atoms with Crippen LogP contribution in [-0.4, -0.2) is 248 Å². The summed E-state index contributed by atoms with van der Waals surface area (Å²) in [4.78, 5) is 127. The predicted molar refractivity (Wildman–Crippen MR) is 502 cm³/mol. The van der Waals surface area contributed by atoms with Crippen molar-refractivity contribution in [1.82, 2.24) is 47.9 Å². The van der Waals surface area contributed by atoms with Gasteiger partial charge >= 0.3 is 5.97 Å². The van der Waals surface area contributed by atoms with Gasteiger partial charge in [0.2, 0.25) is 59.7 Å². The van der Waals surface area contributed by atoms with Gasteiger partial charge in [-0.2, -0.15) is 0 Å². The number of hydrogen-bond acceptors (Lipinski definition) is 33. The van der Waals surface area contributed by atoms with Crippen LogP contribution in [0.4, 0.5) is 0 Å². The van der Waals surface area contributed by atoms with E-state index in [1.54, 1.807) is 0 Å². The van der Waals surface area contributed by atoms with Crippen LogP contribution in [0.5, 0.6) is 69.0 Å². The van der Waals surface area contributed by atoms with E-state index in [9.17, 15) is 86.2 Å². The molecule has 7 amide bonds. The van der Waals surface area contributed by atoms with E-state index in [1.807, 2.05) is 48.5 Å². The SMILES string of the molecule is CCCCc1ccc(CN[C@H]2[C@H](Oc3c4cc5cc3Oc3ccc(cc3Cl)[C@@H](O[C@@H]3O[C@H](CO)[C@@H](O)[C@H](O)[C@H]3NC(C)=O)[C@@H]3NC(=O)[C@H](NC(=O)[C@@H]5NC(=O)[C@H]5NC(=O)[C@@H](Cc6ccc(c(Cl)c6)O4)NC(=O)[C@H](NCc4ccc(CCCC)cc4)c4ccc(O)c(c4)Oc4cc(O)cc5c4)c4ccc(O)c(c4)-c4c(O[C@H]5O[C@H](CO)[C@@H](O)[C@H](O)[C@@H]5O)cc(O)cc4[C@@H](C(=O)O)NC3=O)O[C@H](CO)[C@@H](O)[C@@H]2O)cc1. The Hall–Kier alpha value is -13.1. The number of aryl methyl sites for hydroxylation is 2.